The van der Waals surface area contributed by atoms with Gasteiger partial charge in [-0.3, -0.25) is 4.98 Å². The number of para-hydroxylation sites is 1. The molecule has 96 valence electrons. The number of hydrogen-bond donors (Lipinski definition) is 1. The highest BCUT2D eigenvalue weighted by Gasteiger charge is 2.06. The Hall–Kier alpha value is -1.61. The first kappa shape index (κ1) is 12.8. The lowest BCUT2D eigenvalue weighted by Crippen LogP contribution is -2.17. The van der Waals surface area contributed by atoms with Crippen LogP contribution < -0.4 is 5.32 Å². The second-order valence-electron chi connectivity index (χ2n) is 4.66. The quantitative estimate of drug-likeness (QED) is 0.875. The maximum absolute atomic E-state index is 5.11. The molecule has 0 saturated heterocycles. The second kappa shape index (κ2) is 5.83. The number of fused-ring (bicyclic) bond motifs is 1. The zero-order valence-corrected chi connectivity index (χ0v) is 11.2. The molecule has 0 bridgehead atoms. The highest BCUT2D eigenvalue weighted by molar-refractivity contribution is 5.91. The molecule has 0 spiro atoms. The number of ether oxygens (including phenoxy) is 1. The molecule has 0 amide bonds. The monoisotopic (exact) mass is 244 g/mol. The van der Waals surface area contributed by atoms with E-state index in [1.54, 1.807) is 7.11 Å². The van der Waals surface area contributed by atoms with Crippen LogP contribution in [0.15, 0.2) is 30.3 Å². The minimum atomic E-state index is 0.384. The molecule has 2 aromatic rings. The van der Waals surface area contributed by atoms with Crippen LogP contribution in [-0.4, -0.2) is 24.7 Å². The number of nitrogens with one attached hydrogen (secondary N) is 1. The zero-order valence-electron chi connectivity index (χ0n) is 11.2. The van der Waals surface area contributed by atoms with Gasteiger partial charge in [0.05, 0.1) is 5.52 Å². The predicted molar refractivity (Wildman–Crippen MR) is 76.1 cm³/mol. The molecule has 1 unspecified atom stereocenters. The predicted octanol–water partition coefficient (Wildman–Crippen LogP) is 3.38. The average Bonchev–Trinajstić information content (AvgIpc) is 2.36. The molecule has 0 aliphatic heterocycles. The third kappa shape index (κ3) is 2.99. The van der Waals surface area contributed by atoms with Crippen molar-refractivity contribution in [3.05, 3.63) is 36.0 Å². The van der Waals surface area contributed by atoms with E-state index in [-0.39, 0.29) is 0 Å². The number of methoxy groups -OCH3 is 1. The number of benzene rings is 1. The summed E-state index contributed by atoms with van der Waals surface area (Å²) < 4.78 is 5.11. The molecule has 3 nitrogen and oxygen atoms in total. The highest BCUT2D eigenvalue weighted by atomic mass is 16.5. The van der Waals surface area contributed by atoms with E-state index in [1.165, 1.54) is 5.39 Å². The minimum Gasteiger partial charge on any atom is -0.385 e. The summed E-state index contributed by atoms with van der Waals surface area (Å²) in [4.78, 5) is 4.54. The van der Waals surface area contributed by atoms with Gasteiger partial charge in [-0.05, 0) is 32.4 Å². The molecule has 1 heterocycles. The van der Waals surface area contributed by atoms with Crippen LogP contribution in [0, 0.1) is 6.92 Å². The van der Waals surface area contributed by atoms with E-state index in [0.717, 1.165) is 29.9 Å². The van der Waals surface area contributed by atoms with Crippen molar-refractivity contribution in [1.29, 1.82) is 0 Å². The Bertz CT molecular complexity index is 525. The summed E-state index contributed by atoms with van der Waals surface area (Å²) in [5, 5.41) is 4.71. The number of pyridine rings is 1. The molecular formula is C15H20N2O. The Kier molecular flexibility index (Phi) is 4.15. The van der Waals surface area contributed by atoms with E-state index < -0.39 is 0 Å². The van der Waals surface area contributed by atoms with Gasteiger partial charge >= 0.3 is 0 Å². The van der Waals surface area contributed by atoms with Gasteiger partial charge in [0, 0.05) is 36.5 Å². The van der Waals surface area contributed by atoms with Gasteiger partial charge in [-0.25, -0.2) is 0 Å². The van der Waals surface area contributed by atoms with Crippen molar-refractivity contribution in [2.24, 2.45) is 0 Å². The van der Waals surface area contributed by atoms with E-state index in [0.29, 0.717) is 6.04 Å². The Morgan fingerprint density at radius 3 is 2.89 bits per heavy atom. The summed E-state index contributed by atoms with van der Waals surface area (Å²) in [6.45, 7) is 4.97. The van der Waals surface area contributed by atoms with Crippen molar-refractivity contribution in [3.8, 4) is 0 Å². The van der Waals surface area contributed by atoms with Crippen molar-refractivity contribution in [3.63, 3.8) is 0 Å². The first-order chi connectivity index (χ1) is 8.70. The minimum absolute atomic E-state index is 0.384. The molecule has 0 fully saturated rings. The molecule has 1 N–H and O–H groups in total. The molecule has 0 aliphatic carbocycles. The van der Waals surface area contributed by atoms with Gasteiger partial charge in [0.2, 0.25) is 0 Å². The number of hydrogen-bond acceptors (Lipinski definition) is 3. The number of nitrogens with zero attached hydrogens (tertiary/aromatic N) is 1. The van der Waals surface area contributed by atoms with Gasteiger partial charge in [-0.1, -0.05) is 18.2 Å². The fourth-order valence-electron chi connectivity index (χ4n) is 2.06. The molecule has 18 heavy (non-hydrogen) atoms. The van der Waals surface area contributed by atoms with Gasteiger partial charge in [0.1, 0.15) is 0 Å². The number of rotatable bonds is 5. The van der Waals surface area contributed by atoms with E-state index in [4.69, 9.17) is 4.74 Å². The van der Waals surface area contributed by atoms with E-state index in [2.05, 4.69) is 29.4 Å². The van der Waals surface area contributed by atoms with Gasteiger partial charge in [-0.2, -0.15) is 0 Å². The first-order valence-corrected chi connectivity index (χ1v) is 6.32. The molecule has 1 atom stereocenters. The molecule has 3 heteroatoms. The largest absolute Gasteiger partial charge is 0.385 e. The van der Waals surface area contributed by atoms with Crippen molar-refractivity contribution in [2.75, 3.05) is 19.0 Å². The third-order valence-corrected chi connectivity index (χ3v) is 3.00. The van der Waals surface area contributed by atoms with Crippen LogP contribution in [-0.2, 0) is 4.74 Å². The Labute approximate surface area is 108 Å². The topological polar surface area (TPSA) is 34.1 Å². The zero-order chi connectivity index (χ0) is 13.0. The molecule has 2 rings (SSSR count). The Balaban J connectivity index is 2.26. The average molecular weight is 244 g/mol. The Morgan fingerprint density at radius 1 is 1.33 bits per heavy atom. The van der Waals surface area contributed by atoms with Crippen LogP contribution in [0.1, 0.15) is 19.0 Å². The maximum Gasteiger partial charge on any atom is 0.0725 e. The maximum atomic E-state index is 5.11. The summed E-state index contributed by atoms with van der Waals surface area (Å²) in [7, 11) is 1.73. The van der Waals surface area contributed by atoms with Crippen molar-refractivity contribution < 1.29 is 4.74 Å². The van der Waals surface area contributed by atoms with Gasteiger partial charge in [0.15, 0.2) is 0 Å². The summed E-state index contributed by atoms with van der Waals surface area (Å²) >= 11 is 0. The molecule has 1 aromatic carbocycles. The number of anilines is 1. The Morgan fingerprint density at radius 2 is 2.11 bits per heavy atom. The fourth-order valence-corrected chi connectivity index (χ4v) is 2.06. The standard InChI is InChI=1S/C15H20N2O/c1-11(8-9-18-3)16-15-10-12(2)17-14-7-5-4-6-13(14)15/h4-7,10-11H,8-9H2,1-3H3,(H,16,17). The van der Waals surface area contributed by atoms with E-state index in [1.807, 2.05) is 25.1 Å². The smallest absolute Gasteiger partial charge is 0.0725 e. The SMILES string of the molecule is COCCC(C)Nc1cc(C)nc2ccccc12. The van der Waals surface area contributed by atoms with Gasteiger partial charge in [-0.15, -0.1) is 0 Å². The summed E-state index contributed by atoms with van der Waals surface area (Å²) in [5.41, 5.74) is 3.23. The lowest BCUT2D eigenvalue weighted by molar-refractivity contribution is 0.191. The van der Waals surface area contributed by atoms with Crippen LogP contribution in [0.5, 0.6) is 0 Å². The normalized spacial score (nSPS) is 12.6. The first-order valence-electron chi connectivity index (χ1n) is 6.32. The lowest BCUT2D eigenvalue weighted by Gasteiger charge is -2.17. The summed E-state index contributed by atoms with van der Waals surface area (Å²) in [6, 6.07) is 10.7. The van der Waals surface area contributed by atoms with Gasteiger partial charge in [0.25, 0.3) is 0 Å². The lowest BCUT2D eigenvalue weighted by atomic mass is 10.1. The molecule has 1 aromatic heterocycles. The fraction of sp³-hybridized carbons (Fsp3) is 0.400. The summed E-state index contributed by atoms with van der Waals surface area (Å²) in [6.07, 6.45) is 0.992. The van der Waals surface area contributed by atoms with E-state index >= 15 is 0 Å². The summed E-state index contributed by atoms with van der Waals surface area (Å²) in [5.74, 6) is 0. The van der Waals surface area contributed by atoms with Crippen LogP contribution in [0.2, 0.25) is 0 Å². The van der Waals surface area contributed by atoms with Gasteiger partial charge < -0.3 is 10.1 Å². The van der Waals surface area contributed by atoms with Crippen LogP contribution in [0.4, 0.5) is 5.69 Å². The molecule has 0 radical (unpaired) electrons. The number of aryl methyl sites for hydroxylation is 1. The second-order valence-corrected chi connectivity index (χ2v) is 4.66. The van der Waals surface area contributed by atoms with Crippen LogP contribution in [0.3, 0.4) is 0 Å². The van der Waals surface area contributed by atoms with Crippen LogP contribution >= 0.6 is 0 Å². The molecular weight excluding hydrogens is 224 g/mol. The van der Waals surface area contributed by atoms with Crippen molar-refractivity contribution >= 4 is 16.6 Å². The molecule has 0 saturated carbocycles. The van der Waals surface area contributed by atoms with E-state index in [9.17, 15) is 0 Å². The highest BCUT2D eigenvalue weighted by Crippen LogP contribution is 2.23. The number of aromatic nitrogens is 1. The molecule has 0 aliphatic rings. The van der Waals surface area contributed by atoms with Crippen molar-refractivity contribution in [2.45, 2.75) is 26.3 Å². The third-order valence-electron chi connectivity index (χ3n) is 3.00. The van der Waals surface area contributed by atoms with Crippen LogP contribution in [0.25, 0.3) is 10.9 Å². The van der Waals surface area contributed by atoms with Crippen molar-refractivity contribution in [1.82, 2.24) is 4.98 Å².